The second kappa shape index (κ2) is 7.76. The van der Waals surface area contributed by atoms with E-state index < -0.39 is 0 Å². The molecule has 0 aliphatic carbocycles. The van der Waals surface area contributed by atoms with E-state index in [0.29, 0.717) is 24.5 Å². The third-order valence-corrected chi connectivity index (χ3v) is 5.10. The summed E-state index contributed by atoms with van der Waals surface area (Å²) < 4.78 is 5.37. The molecule has 2 aromatic carbocycles. The molecule has 1 amide bonds. The zero-order valence-corrected chi connectivity index (χ0v) is 15.5. The number of piperazine rings is 1. The minimum Gasteiger partial charge on any atom is -0.355 e. The molecule has 5 nitrogen and oxygen atoms in total. The maximum absolute atomic E-state index is 12.7. The first-order valence-corrected chi connectivity index (χ1v) is 9.29. The summed E-state index contributed by atoms with van der Waals surface area (Å²) in [7, 11) is 0. The van der Waals surface area contributed by atoms with E-state index in [-0.39, 0.29) is 5.91 Å². The largest absolute Gasteiger partial charge is 0.355 e. The Hall–Kier alpha value is -2.92. The van der Waals surface area contributed by atoms with Gasteiger partial charge in [-0.25, -0.2) is 0 Å². The van der Waals surface area contributed by atoms with Crippen LogP contribution in [0.1, 0.15) is 21.6 Å². The predicted molar refractivity (Wildman–Crippen MR) is 104 cm³/mol. The lowest BCUT2D eigenvalue weighted by Crippen LogP contribution is -2.48. The van der Waals surface area contributed by atoms with Gasteiger partial charge in [0, 0.05) is 44.4 Å². The van der Waals surface area contributed by atoms with Gasteiger partial charge in [-0.3, -0.25) is 9.69 Å². The van der Waals surface area contributed by atoms with Crippen LogP contribution in [0.4, 0.5) is 0 Å². The molecule has 1 aromatic heterocycles. The van der Waals surface area contributed by atoms with Crippen LogP contribution in [0.5, 0.6) is 0 Å². The first kappa shape index (κ1) is 17.5. The van der Waals surface area contributed by atoms with Crippen molar-refractivity contribution in [3.05, 3.63) is 77.5 Å². The minimum absolute atomic E-state index is 0.0588. The molecule has 0 atom stereocenters. The molecular formula is C22H23N3O2. The first-order valence-electron chi connectivity index (χ1n) is 9.29. The molecule has 0 spiro atoms. The van der Waals surface area contributed by atoms with E-state index in [1.165, 1.54) is 11.1 Å². The Bertz CT molecular complexity index is 912. The van der Waals surface area contributed by atoms with Crippen molar-refractivity contribution in [3.8, 4) is 11.3 Å². The van der Waals surface area contributed by atoms with Gasteiger partial charge in [-0.05, 0) is 18.1 Å². The van der Waals surface area contributed by atoms with Crippen molar-refractivity contribution in [1.82, 2.24) is 15.0 Å². The van der Waals surface area contributed by atoms with Crippen LogP contribution >= 0.6 is 0 Å². The average Bonchev–Trinajstić information content (AvgIpc) is 3.21. The first-order chi connectivity index (χ1) is 13.2. The Morgan fingerprint density at radius 2 is 1.70 bits per heavy atom. The van der Waals surface area contributed by atoms with Gasteiger partial charge in [0.05, 0.1) is 0 Å². The summed E-state index contributed by atoms with van der Waals surface area (Å²) in [5.41, 5.74) is 3.96. The highest BCUT2D eigenvalue weighted by molar-refractivity contribution is 5.93. The standard InChI is InChI=1S/C22H23N3O2/c1-17-7-5-6-10-19(17)16-24-11-13-25(14-12-24)22(26)20-15-21(27-23-20)18-8-3-2-4-9-18/h2-10,15H,11-14,16H2,1H3. The van der Waals surface area contributed by atoms with Crippen LogP contribution in [-0.2, 0) is 6.54 Å². The Morgan fingerprint density at radius 1 is 1.00 bits per heavy atom. The van der Waals surface area contributed by atoms with Gasteiger partial charge < -0.3 is 9.42 Å². The molecule has 4 rings (SSSR count). The van der Waals surface area contributed by atoms with Crippen LogP contribution < -0.4 is 0 Å². The predicted octanol–water partition coefficient (Wildman–Crippen LogP) is 3.61. The lowest BCUT2D eigenvalue weighted by Gasteiger charge is -2.34. The van der Waals surface area contributed by atoms with Gasteiger partial charge in [0.15, 0.2) is 11.5 Å². The molecule has 3 aromatic rings. The van der Waals surface area contributed by atoms with Gasteiger partial charge in [-0.15, -0.1) is 0 Å². The molecular weight excluding hydrogens is 338 g/mol. The fourth-order valence-corrected chi connectivity index (χ4v) is 3.41. The number of hydrogen-bond donors (Lipinski definition) is 0. The third-order valence-electron chi connectivity index (χ3n) is 5.10. The van der Waals surface area contributed by atoms with Crippen molar-refractivity contribution in [2.45, 2.75) is 13.5 Å². The van der Waals surface area contributed by atoms with E-state index in [0.717, 1.165) is 25.2 Å². The molecule has 27 heavy (non-hydrogen) atoms. The molecule has 1 saturated heterocycles. The number of aryl methyl sites for hydroxylation is 1. The summed E-state index contributed by atoms with van der Waals surface area (Å²) in [6.45, 7) is 6.21. The maximum atomic E-state index is 12.7. The molecule has 0 bridgehead atoms. The number of rotatable bonds is 4. The Kier molecular flexibility index (Phi) is 5.03. The SMILES string of the molecule is Cc1ccccc1CN1CCN(C(=O)c2cc(-c3ccccc3)on2)CC1. The monoisotopic (exact) mass is 361 g/mol. The number of nitrogens with zero attached hydrogens (tertiary/aromatic N) is 3. The van der Waals surface area contributed by atoms with E-state index in [1.54, 1.807) is 6.07 Å². The van der Waals surface area contributed by atoms with Crippen molar-refractivity contribution in [2.24, 2.45) is 0 Å². The van der Waals surface area contributed by atoms with Crippen molar-refractivity contribution < 1.29 is 9.32 Å². The van der Waals surface area contributed by atoms with Crippen LogP contribution in [0.2, 0.25) is 0 Å². The molecule has 0 radical (unpaired) electrons. The number of aromatic nitrogens is 1. The third kappa shape index (κ3) is 3.93. The van der Waals surface area contributed by atoms with E-state index in [9.17, 15) is 4.79 Å². The lowest BCUT2D eigenvalue weighted by molar-refractivity contribution is 0.0618. The van der Waals surface area contributed by atoms with E-state index in [4.69, 9.17) is 4.52 Å². The molecule has 0 N–H and O–H groups in total. The van der Waals surface area contributed by atoms with Crippen LogP contribution in [-0.4, -0.2) is 47.0 Å². The Balaban J connectivity index is 1.36. The quantitative estimate of drug-likeness (QED) is 0.712. The molecule has 0 saturated carbocycles. The molecule has 0 unspecified atom stereocenters. The normalized spacial score (nSPS) is 15.1. The highest BCUT2D eigenvalue weighted by Crippen LogP contribution is 2.21. The van der Waals surface area contributed by atoms with Crippen molar-refractivity contribution in [1.29, 1.82) is 0 Å². The Labute approximate surface area is 159 Å². The fourth-order valence-electron chi connectivity index (χ4n) is 3.41. The highest BCUT2D eigenvalue weighted by atomic mass is 16.5. The fraction of sp³-hybridized carbons (Fsp3) is 0.273. The molecule has 1 aliphatic heterocycles. The summed E-state index contributed by atoms with van der Waals surface area (Å²) in [6, 6.07) is 19.9. The van der Waals surface area contributed by atoms with Crippen molar-refractivity contribution in [2.75, 3.05) is 26.2 Å². The van der Waals surface area contributed by atoms with Crippen LogP contribution in [0.25, 0.3) is 11.3 Å². The molecule has 1 aliphatic rings. The van der Waals surface area contributed by atoms with Gasteiger partial charge in [-0.1, -0.05) is 59.8 Å². The Morgan fingerprint density at radius 3 is 2.44 bits per heavy atom. The van der Waals surface area contributed by atoms with Gasteiger partial charge >= 0.3 is 0 Å². The molecule has 2 heterocycles. The summed E-state index contributed by atoms with van der Waals surface area (Å²) in [5, 5.41) is 3.99. The zero-order valence-electron chi connectivity index (χ0n) is 15.5. The minimum atomic E-state index is -0.0588. The summed E-state index contributed by atoms with van der Waals surface area (Å²) >= 11 is 0. The summed E-state index contributed by atoms with van der Waals surface area (Å²) in [5.74, 6) is 0.564. The highest BCUT2D eigenvalue weighted by Gasteiger charge is 2.25. The summed E-state index contributed by atoms with van der Waals surface area (Å²) in [4.78, 5) is 17.0. The lowest BCUT2D eigenvalue weighted by atomic mass is 10.1. The molecule has 5 heteroatoms. The number of carbonyl (C=O) groups is 1. The van der Waals surface area contributed by atoms with E-state index in [1.807, 2.05) is 35.2 Å². The topological polar surface area (TPSA) is 49.6 Å². The zero-order chi connectivity index (χ0) is 18.6. The number of amides is 1. The number of hydrogen-bond acceptors (Lipinski definition) is 4. The van der Waals surface area contributed by atoms with Crippen molar-refractivity contribution >= 4 is 5.91 Å². The van der Waals surface area contributed by atoms with Gasteiger partial charge in [0.25, 0.3) is 5.91 Å². The molecule has 1 fully saturated rings. The van der Waals surface area contributed by atoms with Gasteiger partial charge in [0.1, 0.15) is 0 Å². The number of benzene rings is 2. The smallest absolute Gasteiger partial charge is 0.276 e. The van der Waals surface area contributed by atoms with Gasteiger partial charge in [0.2, 0.25) is 0 Å². The second-order valence-corrected chi connectivity index (χ2v) is 6.94. The molecule has 138 valence electrons. The van der Waals surface area contributed by atoms with Crippen molar-refractivity contribution in [3.63, 3.8) is 0 Å². The van der Waals surface area contributed by atoms with E-state index in [2.05, 4.69) is 41.2 Å². The van der Waals surface area contributed by atoms with Crippen LogP contribution in [0, 0.1) is 6.92 Å². The van der Waals surface area contributed by atoms with E-state index >= 15 is 0 Å². The van der Waals surface area contributed by atoms with Crippen LogP contribution in [0.3, 0.4) is 0 Å². The number of carbonyl (C=O) groups excluding carboxylic acids is 1. The summed E-state index contributed by atoms with van der Waals surface area (Å²) in [6.07, 6.45) is 0. The van der Waals surface area contributed by atoms with Crippen LogP contribution in [0.15, 0.2) is 65.2 Å². The average molecular weight is 361 g/mol. The maximum Gasteiger partial charge on any atom is 0.276 e. The van der Waals surface area contributed by atoms with Gasteiger partial charge in [-0.2, -0.15) is 0 Å². The second-order valence-electron chi connectivity index (χ2n) is 6.94.